The van der Waals surface area contributed by atoms with Crippen molar-refractivity contribution in [2.24, 2.45) is 0 Å². The van der Waals surface area contributed by atoms with Crippen LogP contribution in [0, 0.1) is 6.07 Å². The summed E-state index contributed by atoms with van der Waals surface area (Å²) in [5, 5.41) is 0. The molecule has 0 spiro atoms. The quantitative estimate of drug-likeness (QED) is 0.415. The summed E-state index contributed by atoms with van der Waals surface area (Å²) in [6, 6.07) is 12.5. The normalized spacial score (nSPS) is 7.55. The van der Waals surface area contributed by atoms with E-state index in [9.17, 15) is 0 Å². The van der Waals surface area contributed by atoms with Crippen LogP contribution in [0.3, 0.4) is 0 Å². The SMILES string of the molecule is O=[PH](O)O.[Pd].[c-]1ccccc1. The van der Waals surface area contributed by atoms with E-state index >= 15 is 0 Å². The van der Waals surface area contributed by atoms with E-state index in [2.05, 4.69) is 6.07 Å². The van der Waals surface area contributed by atoms with Crippen molar-refractivity contribution in [2.75, 3.05) is 0 Å². The molecular weight excluding hydrogens is 257 g/mol. The van der Waals surface area contributed by atoms with Crippen LogP contribution < -0.4 is 0 Å². The van der Waals surface area contributed by atoms with Crippen LogP contribution >= 0.6 is 8.25 Å². The van der Waals surface area contributed by atoms with Crippen LogP contribution in [0.25, 0.3) is 0 Å². The largest absolute Gasteiger partial charge is 0.326 e. The molecule has 3 nitrogen and oxygen atoms in total. The summed E-state index contributed by atoms with van der Waals surface area (Å²) in [4.78, 5) is 14.3. The van der Waals surface area contributed by atoms with Gasteiger partial charge in [0.15, 0.2) is 0 Å². The molecule has 0 saturated carbocycles. The molecular formula is C6H8O3PPd-. The molecule has 0 heterocycles. The summed E-state index contributed by atoms with van der Waals surface area (Å²) in [5.74, 6) is 0. The maximum Gasteiger partial charge on any atom is 0.314 e. The Morgan fingerprint density at radius 3 is 1.55 bits per heavy atom. The second kappa shape index (κ2) is 10.0. The van der Waals surface area contributed by atoms with Crippen molar-refractivity contribution in [1.29, 1.82) is 0 Å². The van der Waals surface area contributed by atoms with E-state index in [1.807, 2.05) is 30.3 Å². The molecule has 1 rings (SSSR count). The molecule has 0 saturated heterocycles. The molecule has 5 heteroatoms. The molecule has 11 heavy (non-hydrogen) atoms. The first-order valence-corrected chi connectivity index (χ1v) is 3.86. The summed E-state index contributed by atoms with van der Waals surface area (Å²) >= 11 is 0. The summed E-state index contributed by atoms with van der Waals surface area (Å²) in [5.41, 5.74) is 0. The molecule has 0 bridgehead atoms. The molecule has 0 amide bonds. The molecule has 0 atom stereocenters. The summed E-state index contributed by atoms with van der Waals surface area (Å²) in [6.45, 7) is 0. The van der Waals surface area contributed by atoms with Gasteiger partial charge in [-0.25, -0.2) is 0 Å². The fourth-order valence-corrected chi connectivity index (χ4v) is 0.342. The van der Waals surface area contributed by atoms with Crippen LogP contribution in [-0.4, -0.2) is 9.79 Å². The topological polar surface area (TPSA) is 57.5 Å². The fourth-order valence-electron chi connectivity index (χ4n) is 0.342. The Kier molecular flexibility index (Phi) is 12.4. The molecule has 0 fully saturated rings. The standard InChI is InChI=1S/C6H5.H3O3P.Pd/c1-2-4-6-5-3-1;1-4(2)3;/h1-5H;4H,(H2,1,2,3);/q-1;;. The second-order valence-corrected chi connectivity index (χ2v) is 1.93. The molecule has 1 aromatic rings. The van der Waals surface area contributed by atoms with Crippen LogP contribution in [0.4, 0.5) is 0 Å². The Morgan fingerprint density at radius 2 is 1.45 bits per heavy atom. The van der Waals surface area contributed by atoms with Gasteiger partial charge in [0.25, 0.3) is 0 Å². The maximum atomic E-state index is 8.74. The minimum absolute atomic E-state index is 0. The molecule has 0 unspecified atom stereocenters. The maximum absolute atomic E-state index is 8.74. The van der Waals surface area contributed by atoms with Crippen LogP contribution in [0.2, 0.25) is 0 Å². The first kappa shape index (κ1) is 13.6. The number of hydrogen-bond donors (Lipinski definition) is 2. The van der Waals surface area contributed by atoms with Crippen LogP contribution in [0.5, 0.6) is 0 Å². The van der Waals surface area contributed by atoms with Gasteiger partial charge < -0.3 is 9.79 Å². The zero-order valence-electron chi connectivity index (χ0n) is 5.51. The monoisotopic (exact) mass is 265 g/mol. The van der Waals surface area contributed by atoms with Crippen LogP contribution in [0.15, 0.2) is 30.3 Å². The smallest absolute Gasteiger partial charge is 0.314 e. The van der Waals surface area contributed by atoms with Crippen molar-refractivity contribution in [3.63, 3.8) is 0 Å². The minimum Gasteiger partial charge on any atom is -0.326 e. The minimum atomic E-state index is -3.13. The van der Waals surface area contributed by atoms with Gasteiger partial charge in [0.1, 0.15) is 0 Å². The molecule has 0 aliphatic carbocycles. The van der Waals surface area contributed by atoms with Gasteiger partial charge in [-0.05, 0) is 0 Å². The fraction of sp³-hybridized carbons (Fsp3) is 0. The first-order valence-electron chi connectivity index (χ1n) is 2.56. The van der Waals surface area contributed by atoms with Gasteiger partial charge in [-0.1, -0.05) is 0 Å². The molecule has 2 N–H and O–H groups in total. The zero-order valence-corrected chi connectivity index (χ0v) is 8.06. The van der Waals surface area contributed by atoms with Gasteiger partial charge in [0.05, 0.1) is 0 Å². The summed E-state index contributed by atoms with van der Waals surface area (Å²) in [7, 11) is -3.13. The van der Waals surface area contributed by atoms with Crippen molar-refractivity contribution in [3.8, 4) is 0 Å². The molecule has 0 aliphatic rings. The predicted molar refractivity (Wildman–Crippen MR) is 38.7 cm³/mol. The van der Waals surface area contributed by atoms with Crippen LogP contribution in [0.1, 0.15) is 0 Å². The zero-order chi connectivity index (χ0) is 7.82. The van der Waals surface area contributed by atoms with Gasteiger partial charge in [-0.3, -0.25) is 4.57 Å². The molecule has 0 aromatic heterocycles. The number of benzene rings is 1. The van der Waals surface area contributed by atoms with E-state index in [4.69, 9.17) is 14.4 Å². The molecule has 0 aliphatic heterocycles. The Balaban J connectivity index is 0. The molecule has 66 valence electrons. The van der Waals surface area contributed by atoms with E-state index < -0.39 is 8.25 Å². The van der Waals surface area contributed by atoms with E-state index in [1.165, 1.54) is 0 Å². The van der Waals surface area contributed by atoms with E-state index in [1.54, 1.807) is 0 Å². The third-order valence-electron chi connectivity index (χ3n) is 0.607. The second-order valence-electron chi connectivity index (χ2n) is 1.36. The van der Waals surface area contributed by atoms with E-state index in [0.717, 1.165) is 0 Å². The number of rotatable bonds is 0. The number of hydrogen-bond acceptors (Lipinski definition) is 1. The van der Waals surface area contributed by atoms with Gasteiger partial charge in [-0.2, -0.15) is 36.4 Å². The van der Waals surface area contributed by atoms with Crippen LogP contribution in [-0.2, 0) is 25.0 Å². The Bertz CT molecular complexity index is 150. The predicted octanol–water partition coefficient (Wildman–Crippen LogP) is 0.845. The Hall–Kier alpha value is 0.0323. The van der Waals surface area contributed by atoms with E-state index in [-0.39, 0.29) is 20.4 Å². The molecule has 0 radical (unpaired) electrons. The van der Waals surface area contributed by atoms with Crippen molar-refractivity contribution >= 4 is 8.25 Å². The van der Waals surface area contributed by atoms with Gasteiger partial charge >= 0.3 is 8.25 Å². The van der Waals surface area contributed by atoms with Crippen molar-refractivity contribution in [3.05, 3.63) is 36.4 Å². The Morgan fingerprint density at radius 1 is 1.09 bits per heavy atom. The van der Waals surface area contributed by atoms with Gasteiger partial charge in [0, 0.05) is 20.4 Å². The van der Waals surface area contributed by atoms with Gasteiger partial charge in [-0.15, -0.1) is 0 Å². The van der Waals surface area contributed by atoms with E-state index in [0.29, 0.717) is 0 Å². The van der Waals surface area contributed by atoms with Gasteiger partial charge in [0.2, 0.25) is 0 Å². The summed E-state index contributed by atoms with van der Waals surface area (Å²) in [6.07, 6.45) is 0. The third-order valence-corrected chi connectivity index (χ3v) is 0.607. The average Bonchev–Trinajstić information content (AvgIpc) is 1.90. The Labute approximate surface area is 79.7 Å². The van der Waals surface area contributed by atoms with Crippen molar-refractivity contribution in [2.45, 2.75) is 0 Å². The van der Waals surface area contributed by atoms with Crippen molar-refractivity contribution in [1.82, 2.24) is 0 Å². The first-order chi connectivity index (χ1) is 4.73. The average molecular weight is 266 g/mol. The molecule has 1 aromatic carbocycles. The van der Waals surface area contributed by atoms with Crippen molar-refractivity contribution < 1.29 is 34.8 Å². The summed E-state index contributed by atoms with van der Waals surface area (Å²) < 4.78 is 8.74. The third kappa shape index (κ3) is 17.8.